The van der Waals surface area contributed by atoms with Crippen LogP contribution in [-0.4, -0.2) is 27.0 Å². The second kappa shape index (κ2) is 5.42. The van der Waals surface area contributed by atoms with Crippen molar-refractivity contribution in [2.24, 2.45) is 7.05 Å². The standard InChI is InChI=1S/C14H18ClN3O2/c1-8(2)5-6-10-7-11(16-17(10)4)18-13(19)9(3)12(15)14(18)20/h5,7,14,20H,6H2,1-4H3. The molecule has 0 bridgehead atoms. The normalized spacial score (nSPS) is 19.0. The van der Waals surface area contributed by atoms with Crippen LogP contribution in [0.5, 0.6) is 0 Å². The Balaban J connectivity index is 2.30. The van der Waals surface area contributed by atoms with Crippen LogP contribution in [0.1, 0.15) is 26.5 Å². The molecule has 0 aliphatic carbocycles. The molecule has 1 aliphatic rings. The molecule has 0 spiro atoms. The van der Waals surface area contributed by atoms with E-state index in [9.17, 15) is 9.90 Å². The minimum atomic E-state index is -1.14. The Labute approximate surface area is 123 Å². The van der Waals surface area contributed by atoms with Gasteiger partial charge in [0.25, 0.3) is 5.91 Å². The first-order valence-electron chi connectivity index (χ1n) is 6.37. The van der Waals surface area contributed by atoms with E-state index < -0.39 is 6.23 Å². The van der Waals surface area contributed by atoms with E-state index in [4.69, 9.17) is 11.6 Å². The molecule has 1 atom stereocenters. The highest BCUT2D eigenvalue weighted by Crippen LogP contribution is 2.31. The third-order valence-corrected chi connectivity index (χ3v) is 3.78. The lowest BCUT2D eigenvalue weighted by Gasteiger charge is -2.18. The summed E-state index contributed by atoms with van der Waals surface area (Å²) in [5.74, 6) is 0.103. The molecule has 1 N–H and O–H groups in total. The SMILES string of the molecule is CC(C)=CCc1cc(N2C(=O)C(C)=C(Cl)C2O)nn1C. The van der Waals surface area contributed by atoms with Gasteiger partial charge in [-0.05, 0) is 20.8 Å². The summed E-state index contributed by atoms with van der Waals surface area (Å²) in [6, 6.07) is 1.79. The van der Waals surface area contributed by atoms with Crippen LogP contribution in [0.25, 0.3) is 0 Å². The van der Waals surface area contributed by atoms with Crippen LogP contribution >= 0.6 is 11.6 Å². The van der Waals surface area contributed by atoms with E-state index in [2.05, 4.69) is 11.2 Å². The van der Waals surface area contributed by atoms with Gasteiger partial charge >= 0.3 is 0 Å². The molecule has 0 saturated heterocycles. The average Bonchev–Trinajstić information content (AvgIpc) is 2.82. The van der Waals surface area contributed by atoms with Crippen molar-refractivity contribution in [1.29, 1.82) is 0 Å². The summed E-state index contributed by atoms with van der Waals surface area (Å²) in [5.41, 5.74) is 2.53. The zero-order valence-corrected chi connectivity index (χ0v) is 12.8. The molecule has 2 rings (SSSR count). The fourth-order valence-electron chi connectivity index (χ4n) is 2.04. The van der Waals surface area contributed by atoms with Gasteiger partial charge in [-0.2, -0.15) is 5.10 Å². The zero-order valence-electron chi connectivity index (χ0n) is 12.0. The Morgan fingerprint density at radius 1 is 1.55 bits per heavy atom. The van der Waals surface area contributed by atoms with Crippen LogP contribution in [0.2, 0.25) is 0 Å². The Bertz CT molecular complexity index is 612. The summed E-state index contributed by atoms with van der Waals surface area (Å²) in [6.45, 7) is 5.65. The van der Waals surface area contributed by atoms with E-state index >= 15 is 0 Å². The maximum atomic E-state index is 12.1. The van der Waals surface area contributed by atoms with Crippen LogP contribution in [-0.2, 0) is 18.3 Å². The van der Waals surface area contributed by atoms with Crippen LogP contribution in [0.15, 0.2) is 28.3 Å². The van der Waals surface area contributed by atoms with Crippen LogP contribution in [0, 0.1) is 0 Å². The molecule has 2 heterocycles. The summed E-state index contributed by atoms with van der Waals surface area (Å²) >= 11 is 5.92. The monoisotopic (exact) mass is 295 g/mol. The Morgan fingerprint density at radius 3 is 2.70 bits per heavy atom. The molecule has 0 radical (unpaired) electrons. The van der Waals surface area contributed by atoms with Gasteiger partial charge in [0.05, 0.1) is 5.03 Å². The number of amides is 1. The Morgan fingerprint density at radius 2 is 2.20 bits per heavy atom. The van der Waals surface area contributed by atoms with Crippen molar-refractivity contribution >= 4 is 23.3 Å². The summed E-state index contributed by atoms with van der Waals surface area (Å²) < 4.78 is 1.70. The first-order chi connectivity index (χ1) is 9.32. The third-order valence-electron chi connectivity index (χ3n) is 3.30. The van der Waals surface area contributed by atoms with Crippen molar-refractivity contribution in [2.45, 2.75) is 33.4 Å². The predicted octanol–water partition coefficient (Wildman–Crippen LogP) is 2.11. The van der Waals surface area contributed by atoms with Gasteiger partial charge in [-0.25, -0.2) is 0 Å². The van der Waals surface area contributed by atoms with Crippen LogP contribution in [0.3, 0.4) is 0 Å². The topological polar surface area (TPSA) is 58.4 Å². The molecule has 20 heavy (non-hydrogen) atoms. The molecule has 1 aromatic heterocycles. The van der Waals surface area contributed by atoms with Crippen molar-refractivity contribution in [3.8, 4) is 0 Å². The summed E-state index contributed by atoms with van der Waals surface area (Å²) in [5, 5.41) is 14.5. The van der Waals surface area contributed by atoms with Gasteiger partial charge in [-0.3, -0.25) is 14.4 Å². The van der Waals surface area contributed by atoms with Gasteiger partial charge < -0.3 is 5.11 Å². The average molecular weight is 296 g/mol. The van der Waals surface area contributed by atoms with Crippen molar-refractivity contribution in [3.05, 3.63) is 34.0 Å². The number of aromatic nitrogens is 2. The molecule has 1 aromatic rings. The van der Waals surface area contributed by atoms with E-state index in [1.807, 2.05) is 20.9 Å². The Hall–Kier alpha value is -1.59. The van der Waals surface area contributed by atoms with Crippen molar-refractivity contribution in [3.63, 3.8) is 0 Å². The molecule has 108 valence electrons. The third kappa shape index (κ3) is 2.51. The number of hydrogen-bond acceptors (Lipinski definition) is 3. The van der Waals surface area contributed by atoms with E-state index in [0.29, 0.717) is 11.4 Å². The van der Waals surface area contributed by atoms with Crippen molar-refractivity contribution in [2.75, 3.05) is 4.90 Å². The first-order valence-corrected chi connectivity index (χ1v) is 6.75. The minimum Gasteiger partial charge on any atom is -0.368 e. The molecular formula is C14H18ClN3O2. The smallest absolute Gasteiger partial charge is 0.258 e. The highest BCUT2D eigenvalue weighted by atomic mass is 35.5. The fraction of sp³-hybridized carbons (Fsp3) is 0.429. The number of aryl methyl sites for hydroxylation is 1. The molecular weight excluding hydrogens is 278 g/mol. The lowest BCUT2D eigenvalue weighted by atomic mass is 10.2. The van der Waals surface area contributed by atoms with Gasteiger partial charge in [0.2, 0.25) is 0 Å². The molecule has 6 heteroatoms. The number of hydrogen-bond donors (Lipinski definition) is 1. The van der Waals surface area contributed by atoms with E-state index in [-0.39, 0.29) is 10.9 Å². The van der Waals surface area contributed by atoms with Gasteiger partial charge in [-0.15, -0.1) is 0 Å². The molecule has 1 amide bonds. The molecule has 0 fully saturated rings. The van der Waals surface area contributed by atoms with E-state index in [1.165, 1.54) is 10.5 Å². The number of carbonyl (C=O) groups excluding carboxylic acids is 1. The quantitative estimate of drug-likeness (QED) is 0.869. The molecule has 1 unspecified atom stereocenters. The minimum absolute atomic E-state index is 0.159. The van der Waals surface area contributed by atoms with Crippen molar-refractivity contribution < 1.29 is 9.90 Å². The molecule has 0 saturated carbocycles. The van der Waals surface area contributed by atoms with Crippen LogP contribution < -0.4 is 4.90 Å². The van der Waals surface area contributed by atoms with Gasteiger partial charge in [-0.1, -0.05) is 23.3 Å². The number of aliphatic hydroxyl groups is 1. The first kappa shape index (κ1) is 14.8. The summed E-state index contributed by atoms with van der Waals surface area (Å²) in [4.78, 5) is 13.3. The van der Waals surface area contributed by atoms with Gasteiger partial charge in [0.15, 0.2) is 12.0 Å². The maximum Gasteiger partial charge on any atom is 0.258 e. The Kier molecular flexibility index (Phi) is 4.01. The summed E-state index contributed by atoms with van der Waals surface area (Å²) in [7, 11) is 1.81. The molecule has 0 aromatic carbocycles. The second-order valence-corrected chi connectivity index (χ2v) is 5.53. The zero-order chi connectivity index (χ0) is 15.0. The highest BCUT2D eigenvalue weighted by molar-refractivity contribution is 6.35. The number of anilines is 1. The highest BCUT2D eigenvalue weighted by Gasteiger charge is 2.37. The van der Waals surface area contributed by atoms with E-state index in [0.717, 1.165) is 12.1 Å². The predicted molar refractivity (Wildman–Crippen MR) is 78.4 cm³/mol. The van der Waals surface area contributed by atoms with Crippen LogP contribution in [0.4, 0.5) is 5.82 Å². The number of nitrogens with zero attached hydrogens (tertiary/aromatic N) is 3. The second-order valence-electron chi connectivity index (χ2n) is 5.12. The number of carbonyl (C=O) groups is 1. The molecule has 5 nitrogen and oxygen atoms in total. The number of halogens is 1. The van der Waals surface area contributed by atoms with E-state index in [1.54, 1.807) is 17.7 Å². The summed E-state index contributed by atoms with van der Waals surface area (Å²) in [6.07, 6.45) is 1.67. The van der Waals surface area contributed by atoms with Crippen molar-refractivity contribution in [1.82, 2.24) is 9.78 Å². The number of aliphatic hydroxyl groups excluding tert-OH is 1. The number of rotatable bonds is 3. The lowest BCUT2D eigenvalue weighted by molar-refractivity contribution is -0.115. The van der Waals surface area contributed by atoms with Gasteiger partial charge in [0, 0.05) is 30.8 Å². The number of allylic oxidation sites excluding steroid dienone is 2. The van der Waals surface area contributed by atoms with Gasteiger partial charge in [0.1, 0.15) is 0 Å². The lowest BCUT2D eigenvalue weighted by Crippen LogP contribution is -2.35. The maximum absolute atomic E-state index is 12.1. The largest absolute Gasteiger partial charge is 0.368 e. The molecule has 1 aliphatic heterocycles. The fourth-order valence-corrected chi connectivity index (χ4v) is 2.22.